The fourth-order valence-corrected chi connectivity index (χ4v) is 5.40. The minimum absolute atomic E-state index is 0.470. The summed E-state index contributed by atoms with van der Waals surface area (Å²) in [7, 11) is 3.34. The molecule has 0 radical (unpaired) electrons. The summed E-state index contributed by atoms with van der Waals surface area (Å²) in [5.41, 5.74) is 2.09. The van der Waals surface area contributed by atoms with Crippen LogP contribution in [0, 0.1) is 0 Å². The maximum Gasteiger partial charge on any atom is 0.120 e. The van der Waals surface area contributed by atoms with E-state index in [-0.39, 0.29) is 0 Å². The van der Waals surface area contributed by atoms with Crippen molar-refractivity contribution < 1.29 is 33.2 Å². The molecule has 1 rings (SSSR count). The van der Waals surface area contributed by atoms with Crippen LogP contribution in [0.3, 0.4) is 0 Å². The molecule has 1 aromatic carbocycles. The highest BCUT2D eigenvalue weighted by Gasteiger charge is 2.11. The largest absolute Gasteiger partial charge is 0.494 e. The molecule has 0 heterocycles. The summed E-state index contributed by atoms with van der Waals surface area (Å²) in [6.07, 6.45) is 21.8. The van der Waals surface area contributed by atoms with Crippen molar-refractivity contribution in [2.75, 3.05) is 73.7 Å². The molecule has 0 bridgehead atoms. The quantitative estimate of drug-likeness (QED) is 0.0668. The van der Waals surface area contributed by atoms with Crippen LogP contribution in [-0.4, -0.2) is 73.7 Å². The van der Waals surface area contributed by atoms with Crippen LogP contribution in [-0.2, 0) is 41.6 Å². The lowest BCUT2D eigenvalue weighted by Gasteiger charge is -2.15. The van der Waals surface area contributed by atoms with E-state index in [2.05, 4.69) is 35.0 Å². The second-order valence-electron chi connectivity index (χ2n) is 11.5. The van der Waals surface area contributed by atoms with E-state index in [0.29, 0.717) is 66.1 Å². The molecule has 0 aromatic heterocycles. The zero-order chi connectivity index (χ0) is 31.8. The van der Waals surface area contributed by atoms with E-state index in [0.717, 1.165) is 34.4 Å². The summed E-state index contributed by atoms with van der Waals surface area (Å²) in [4.78, 5) is 0. The van der Waals surface area contributed by atoms with Crippen LogP contribution in [0.4, 0.5) is 0 Å². The number of ether oxygens (including phenoxy) is 7. The molecular formula is C36H65BrO7. The Morgan fingerprint density at radius 2 is 0.818 bits per heavy atom. The van der Waals surface area contributed by atoms with Crippen LogP contribution in [0.1, 0.15) is 121 Å². The van der Waals surface area contributed by atoms with Gasteiger partial charge in [0.2, 0.25) is 0 Å². The van der Waals surface area contributed by atoms with Gasteiger partial charge in [0.15, 0.2) is 0 Å². The third-order valence-electron chi connectivity index (χ3n) is 7.59. The van der Waals surface area contributed by atoms with Gasteiger partial charge in [-0.1, -0.05) is 119 Å². The Hall–Kier alpha value is -0.740. The third-order valence-corrected chi connectivity index (χ3v) is 8.60. The average Bonchev–Trinajstić information content (AvgIpc) is 3.03. The maximum absolute atomic E-state index is 6.20. The summed E-state index contributed by atoms with van der Waals surface area (Å²) in [6, 6.07) is 4.14. The summed E-state index contributed by atoms with van der Waals surface area (Å²) < 4.78 is 40.0. The van der Waals surface area contributed by atoms with E-state index in [1.807, 2.05) is 0 Å². The highest BCUT2D eigenvalue weighted by atomic mass is 79.9. The average molecular weight is 690 g/mol. The molecule has 0 atom stereocenters. The van der Waals surface area contributed by atoms with E-state index in [1.165, 1.54) is 96.3 Å². The minimum Gasteiger partial charge on any atom is -0.494 e. The smallest absolute Gasteiger partial charge is 0.120 e. The summed E-state index contributed by atoms with van der Waals surface area (Å²) >= 11 is 3.77. The molecule has 1 aromatic rings. The zero-order valence-electron chi connectivity index (χ0n) is 28.5. The van der Waals surface area contributed by atoms with Gasteiger partial charge in [-0.3, -0.25) is 0 Å². The van der Waals surface area contributed by atoms with Gasteiger partial charge in [-0.05, 0) is 29.7 Å². The molecule has 44 heavy (non-hydrogen) atoms. The standard InChI is InChI=1S/C36H65BrO7/c1-4-5-6-7-8-9-10-11-12-13-14-15-16-17-18-19-20-44-35-29-33(31-42-27-25-40-23-21-38-2)36(37)34(30-35)32-43-28-26-41-24-22-39-3/h29-30H,4-28,31-32H2,1-3H3. The van der Waals surface area contributed by atoms with Crippen molar-refractivity contribution in [2.24, 2.45) is 0 Å². The van der Waals surface area contributed by atoms with Crippen LogP contribution in [0.5, 0.6) is 5.75 Å². The van der Waals surface area contributed by atoms with Crippen molar-refractivity contribution in [1.29, 1.82) is 0 Å². The monoisotopic (exact) mass is 688 g/mol. The van der Waals surface area contributed by atoms with Crippen LogP contribution in [0.25, 0.3) is 0 Å². The van der Waals surface area contributed by atoms with Crippen molar-refractivity contribution in [3.05, 3.63) is 27.7 Å². The van der Waals surface area contributed by atoms with Gasteiger partial charge < -0.3 is 33.2 Å². The van der Waals surface area contributed by atoms with Gasteiger partial charge in [0.05, 0.1) is 72.7 Å². The second-order valence-corrected chi connectivity index (χ2v) is 12.3. The Labute approximate surface area is 278 Å². The molecule has 0 saturated heterocycles. The van der Waals surface area contributed by atoms with E-state index in [1.54, 1.807) is 14.2 Å². The van der Waals surface area contributed by atoms with Gasteiger partial charge in [-0.15, -0.1) is 0 Å². The lowest BCUT2D eigenvalue weighted by Crippen LogP contribution is -2.10. The Morgan fingerprint density at radius 1 is 0.455 bits per heavy atom. The first-order valence-electron chi connectivity index (χ1n) is 17.5. The van der Waals surface area contributed by atoms with E-state index in [4.69, 9.17) is 33.2 Å². The molecule has 0 spiro atoms. The minimum atomic E-state index is 0.470. The Bertz CT molecular complexity index is 710. The van der Waals surface area contributed by atoms with Gasteiger partial charge in [-0.25, -0.2) is 0 Å². The molecule has 0 aliphatic carbocycles. The molecule has 0 aliphatic heterocycles. The summed E-state index contributed by atoms with van der Waals surface area (Å²) in [6.45, 7) is 8.38. The van der Waals surface area contributed by atoms with Crippen LogP contribution in [0.15, 0.2) is 16.6 Å². The topological polar surface area (TPSA) is 64.6 Å². The molecule has 7 nitrogen and oxygen atoms in total. The molecular weight excluding hydrogens is 624 g/mol. The molecule has 0 fully saturated rings. The Balaban J connectivity index is 2.29. The number of unbranched alkanes of at least 4 members (excludes halogenated alkanes) is 15. The van der Waals surface area contributed by atoms with Gasteiger partial charge in [0.25, 0.3) is 0 Å². The van der Waals surface area contributed by atoms with Crippen LogP contribution >= 0.6 is 15.9 Å². The molecule has 0 N–H and O–H groups in total. The molecule has 0 unspecified atom stereocenters. The number of hydrogen-bond donors (Lipinski definition) is 0. The van der Waals surface area contributed by atoms with Gasteiger partial charge in [-0.2, -0.15) is 0 Å². The van der Waals surface area contributed by atoms with Crippen molar-refractivity contribution >= 4 is 15.9 Å². The number of halogens is 1. The van der Waals surface area contributed by atoms with Crippen molar-refractivity contribution in [3.63, 3.8) is 0 Å². The SMILES string of the molecule is CCCCCCCCCCCCCCCCCCOc1cc(COCCOCCOC)c(Br)c(COCCOCCOC)c1. The predicted molar refractivity (Wildman–Crippen MR) is 184 cm³/mol. The Kier molecular flexibility index (Phi) is 30.2. The van der Waals surface area contributed by atoms with Crippen molar-refractivity contribution in [3.8, 4) is 5.75 Å². The van der Waals surface area contributed by atoms with Gasteiger partial charge in [0, 0.05) is 18.7 Å². The number of benzene rings is 1. The van der Waals surface area contributed by atoms with Gasteiger partial charge in [0.1, 0.15) is 5.75 Å². The van der Waals surface area contributed by atoms with Crippen LogP contribution < -0.4 is 4.74 Å². The molecule has 0 amide bonds. The Morgan fingerprint density at radius 3 is 1.23 bits per heavy atom. The molecule has 0 aliphatic rings. The molecule has 0 saturated carbocycles. The fourth-order valence-electron chi connectivity index (χ4n) is 4.94. The molecule has 258 valence electrons. The third kappa shape index (κ3) is 24.5. The number of methoxy groups -OCH3 is 2. The lowest BCUT2D eigenvalue weighted by molar-refractivity contribution is 0.0185. The fraction of sp³-hybridized carbons (Fsp3) is 0.833. The zero-order valence-corrected chi connectivity index (χ0v) is 30.1. The first kappa shape index (κ1) is 41.3. The van der Waals surface area contributed by atoms with E-state index < -0.39 is 0 Å². The van der Waals surface area contributed by atoms with E-state index in [9.17, 15) is 0 Å². The van der Waals surface area contributed by atoms with E-state index >= 15 is 0 Å². The number of hydrogen-bond acceptors (Lipinski definition) is 7. The number of rotatable bonds is 34. The predicted octanol–water partition coefficient (Wildman–Crippen LogP) is 9.45. The first-order valence-corrected chi connectivity index (χ1v) is 18.2. The normalized spacial score (nSPS) is 11.5. The summed E-state index contributed by atoms with van der Waals surface area (Å²) in [5.74, 6) is 0.860. The highest BCUT2D eigenvalue weighted by molar-refractivity contribution is 9.10. The highest BCUT2D eigenvalue weighted by Crippen LogP contribution is 2.29. The van der Waals surface area contributed by atoms with Crippen LogP contribution in [0.2, 0.25) is 0 Å². The second kappa shape index (κ2) is 32.2. The lowest BCUT2D eigenvalue weighted by atomic mass is 10.0. The van der Waals surface area contributed by atoms with Crippen molar-refractivity contribution in [1.82, 2.24) is 0 Å². The summed E-state index contributed by atoms with van der Waals surface area (Å²) in [5, 5.41) is 0. The first-order chi connectivity index (χ1) is 21.7. The molecule has 8 heteroatoms. The van der Waals surface area contributed by atoms with Gasteiger partial charge >= 0.3 is 0 Å². The maximum atomic E-state index is 6.20. The van der Waals surface area contributed by atoms with Crippen molar-refractivity contribution in [2.45, 2.75) is 123 Å².